The molecule has 0 radical (unpaired) electrons. The largest absolute Gasteiger partial charge is 1.00 e. The number of hydrogen-bond acceptors (Lipinski definition) is 4. The van der Waals surface area contributed by atoms with Gasteiger partial charge >= 0.3 is 35.5 Å². The van der Waals surface area contributed by atoms with Crippen molar-refractivity contribution in [2.75, 3.05) is 13.7 Å². The van der Waals surface area contributed by atoms with Crippen molar-refractivity contribution in [1.29, 1.82) is 0 Å². The van der Waals surface area contributed by atoms with Crippen LogP contribution in [0.25, 0.3) is 0 Å². The molecule has 1 N–H and O–H groups in total. The van der Waals surface area contributed by atoms with Crippen LogP contribution in [0.2, 0.25) is 0 Å². The van der Waals surface area contributed by atoms with Crippen LogP contribution in [0.1, 0.15) is 38.7 Å². The Labute approximate surface area is 211 Å². The van der Waals surface area contributed by atoms with Crippen LogP contribution in [-0.2, 0) is 14.8 Å². The van der Waals surface area contributed by atoms with Gasteiger partial charge in [-0.25, -0.2) is 12.8 Å². The van der Waals surface area contributed by atoms with Crippen molar-refractivity contribution in [3.05, 3.63) is 72.1 Å². The van der Waals surface area contributed by atoms with Crippen molar-refractivity contribution in [2.45, 2.75) is 36.6 Å². The predicted octanol–water partition coefficient (Wildman–Crippen LogP) is 1.51. The number of aliphatic carboxylic acids is 1. The molecule has 32 heavy (non-hydrogen) atoms. The third-order valence-electron chi connectivity index (χ3n) is 5.46. The summed E-state index contributed by atoms with van der Waals surface area (Å²) in [6.45, 7) is 0.342. The Bertz CT molecular complexity index is 1050. The summed E-state index contributed by atoms with van der Waals surface area (Å²) in [7, 11) is -2.27. The number of methoxy groups -OCH3 is 1. The van der Waals surface area contributed by atoms with Crippen LogP contribution >= 0.6 is 0 Å². The molecule has 9 heteroatoms. The first-order valence-electron chi connectivity index (χ1n) is 10.1. The van der Waals surface area contributed by atoms with E-state index in [0.717, 1.165) is 17.7 Å². The number of ether oxygens (including phenoxy) is 1. The van der Waals surface area contributed by atoms with E-state index in [0.29, 0.717) is 31.6 Å². The van der Waals surface area contributed by atoms with Crippen molar-refractivity contribution in [3.63, 3.8) is 0 Å². The summed E-state index contributed by atoms with van der Waals surface area (Å²) >= 11 is 0. The molecule has 2 aromatic rings. The Balaban J connectivity index is 0.00000272. The molecule has 2 atom stereocenters. The van der Waals surface area contributed by atoms with Crippen molar-refractivity contribution in [2.24, 2.45) is 5.92 Å². The molecular formula is C23H27FNNaO5S. The molecule has 0 saturated carbocycles. The van der Waals surface area contributed by atoms with E-state index in [2.05, 4.69) is 0 Å². The van der Waals surface area contributed by atoms with Crippen LogP contribution in [-0.4, -0.2) is 37.5 Å². The zero-order valence-electron chi connectivity index (χ0n) is 19.3. The van der Waals surface area contributed by atoms with E-state index in [-0.39, 0.29) is 48.2 Å². The number of nitrogens with zero attached hydrogens (tertiary/aromatic N) is 1. The summed E-state index contributed by atoms with van der Waals surface area (Å²) < 4.78 is 46.9. The smallest absolute Gasteiger partial charge is 1.00 e. The Hall–Kier alpha value is -1.71. The number of carboxylic acid groups (broad SMARTS) is 1. The second-order valence-electron chi connectivity index (χ2n) is 7.48. The summed E-state index contributed by atoms with van der Waals surface area (Å²) in [6, 6.07) is 11.8. The normalized spacial score (nSPS) is 19.1. The van der Waals surface area contributed by atoms with Crippen LogP contribution in [0.15, 0.2) is 65.6 Å². The molecule has 0 amide bonds. The fraction of sp³-hybridized carbons (Fsp3) is 0.348. The Morgan fingerprint density at radius 2 is 1.97 bits per heavy atom. The van der Waals surface area contributed by atoms with Gasteiger partial charge in [-0.15, -0.1) is 0 Å². The summed E-state index contributed by atoms with van der Waals surface area (Å²) in [5, 5.41) is 8.77. The van der Waals surface area contributed by atoms with Gasteiger partial charge in [0.25, 0.3) is 0 Å². The van der Waals surface area contributed by atoms with E-state index >= 15 is 0 Å². The minimum absolute atomic E-state index is 0. The van der Waals surface area contributed by atoms with Gasteiger partial charge in [0.15, 0.2) is 0 Å². The van der Waals surface area contributed by atoms with Gasteiger partial charge in [-0.1, -0.05) is 24.3 Å². The fourth-order valence-electron chi connectivity index (χ4n) is 3.94. The summed E-state index contributed by atoms with van der Waals surface area (Å²) in [5.41, 5.74) is 0.825. The minimum atomic E-state index is -3.83. The molecule has 1 aliphatic heterocycles. The molecular weight excluding hydrogens is 444 g/mol. The van der Waals surface area contributed by atoms with Crippen LogP contribution in [0.5, 0.6) is 5.75 Å². The average Bonchev–Trinajstić information content (AvgIpc) is 3.18. The molecule has 0 aromatic heterocycles. The maximum Gasteiger partial charge on any atom is 1.00 e. The quantitative estimate of drug-likeness (QED) is 0.443. The zero-order valence-corrected chi connectivity index (χ0v) is 21.1. The molecule has 2 aromatic carbocycles. The Morgan fingerprint density at radius 3 is 2.62 bits per heavy atom. The average molecular weight is 472 g/mol. The maximum atomic E-state index is 13.4. The van der Waals surface area contributed by atoms with Gasteiger partial charge in [-0.3, -0.25) is 4.79 Å². The number of allylic oxidation sites excluding steroid dienone is 2. The molecule has 2 unspecified atom stereocenters. The number of carboxylic acids is 1. The van der Waals surface area contributed by atoms with Gasteiger partial charge < -0.3 is 11.3 Å². The molecule has 1 heterocycles. The SMILES string of the molecule is COc1cccc(C2C(C/C=C\CCC(=O)O)CCN2S(=O)(=O)c2ccc(F)cc2)c1.[H-].[Na+]. The van der Waals surface area contributed by atoms with E-state index in [1.807, 2.05) is 30.4 Å². The van der Waals surface area contributed by atoms with Crippen molar-refractivity contribution in [1.82, 2.24) is 4.31 Å². The predicted molar refractivity (Wildman–Crippen MR) is 116 cm³/mol. The van der Waals surface area contributed by atoms with Gasteiger partial charge in [0.05, 0.1) is 18.0 Å². The number of hydrogen-bond donors (Lipinski definition) is 1. The first-order valence-corrected chi connectivity index (χ1v) is 11.5. The molecule has 1 aliphatic rings. The second-order valence-corrected chi connectivity index (χ2v) is 9.37. The summed E-state index contributed by atoms with van der Waals surface area (Å²) in [6.07, 6.45) is 5.53. The van der Waals surface area contributed by atoms with E-state index in [1.165, 1.54) is 16.4 Å². The van der Waals surface area contributed by atoms with Gasteiger partial charge in [0.2, 0.25) is 10.0 Å². The zero-order chi connectivity index (χ0) is 22.4. The number of sulfonamides is 1. The molecule has 168 valence electrons. The van der Waals surface area contributed by atoms with E-state index in [9.17, 15) is 17.6 Å². The Kier molecular flexibility index (Phi) is 9.91. The topological polar surface area (TPSA) is 83.9 Å². The van der Waals surface area contributed by atoms with Crippen molar-refractivity contribution >= 4 is 16.0 Å². The van der Waals surface area contributed by atoms with Crippen LogP contribution in [0.3, 0.4) is 0 Å². The number of rotatable bonds is 9. The van der Waals surface area contributed by atoms with E-state index in [4.69, 9.17) is 9.84 Å². The summed E-state index contributed by atoms with van der Waals surface area (Å²) in [5.74, 6) is -0.687. The second kappa shape index (κ2) is 12.0. The monoisotopic (exact) mass is 471 g/mol. The maximum absolute atomic E-state index is 13.4. The molecule has 1 saturated heterocycles. The van der Waals surface area contributed by atoms with E-state index < -0.39 is 27.9 Å². The summed E-state index contributed by atoms with van der Waals surface area (Å²) in [4.78, 5) is 10.7. The third-order valence-corrected chi connectivity index (χ3v) is 7.36. The molecule has 0 bridgehead atoms. The van der Waals surface area contributed by atoms with Crippen molar-refractivity contribution in [3.8, 4) is 5.75 Å². The van der Waals surface area contributed by atoms with Gasteiger partial charge in [-0.05, 0) is 67.1 Å². The Morgan fingerprint density at radius 1 is 1.25 bits per heavy atom. The molecule has 0 spiro atoms. The first kappa shape index (κ1) is 26.5. The van der Waals surface area contributed by atoms with Crippen LogP contribution < -0.4 is 34.3 Å². The van der Waals surface area contributed by atoms with Gasteiger partial charge in [-0.2, -0.15) is 4.31 Å². The molecule has 6 nitrogen and oxygen atoms in total. The van der Waals surface area contributed by atoms with Crippen LogP contribution in [0.4, 0.5) is 4.39 Å². The third kappa shape index (κ3) is 6.42. The van der Waals surface area contributed by atoms with Gasteiger partial charge in [0, 0.05) is 13.0 Å². The standard InChI is InChI=1S/C23H26FNO5S.Na.H/c1-30-20-8-5-7-18(16-20)23-17(6-3-2-4-9-22(26)27)14-15-25(23)31(28,29)21-12-10-19(24)11-13-21;;/h2-3,5,7-8,10-13,16-17,23H,4,6,9,14-15H2,1H3,(H,26,27);;/q;+1;-1/b3-2-;;. The molecule has 3 rings (SSSR count). The van der Waals surface area contributed by atoms with Crippen LogP contribution in [0, 0.1) is 11.7 Å². The minimum Gasteiger partial charge on any atom is -1.00 e. The number of carbonyl (C=O) groups is 1. The fourth-order valence-corrected chi connectivity index (χ4v) is 5.63. The molecule has 1 fully saturated rings. The number of benzene rings is 2. The van der Waals surface area contributed by atoms with E-state index in [1.54, 1.807) is 13.2 Å². The first-order chi connectivity index (χ1) is 14.8. The van der Waals surface area contributed by atoms with Gasteiger partial charge in [0.1, 0.15) is 11.6 Å². The molecule has 0 aliphatic carbocycles. The number of halogens is 1. The van der Waals surface area contributed by atoms with Crippen molar-refractivity contribution < 1.29 is 58.4 Å².